The monoisotopic (exact) mass is 317 g/mol. The molecule has 0 spiro atoms. The van der Waals surface area contributed by atoms with E-state index in [0.717, 1.165) is 11.0 Å². The molecule has 0 aliphatic heterocycles. The van der Waals surface area contributed by atoms with Crippen molar-refractivity contribution in [2.45, 2.75) is 47.8 Å². The van der Waals surface area contributed by atoms with Crippen LogP contribution in [0.25, 0.3) is 0 Å². The summed E-state index contributed by atoms with van der Waals surface area (Å²) in [5, 5.41) is 19.6. The maximum atomic E-state index is 9.04. The maximum absolute atomic E-state index is 9.04. The smallest absolute Gasteiger partial charge is 0.197 e. The van der Waals surface area contributed by atoms with Crippen LogP contribution < -0.4 is 0 Å². The molecule has 7 heteroatoms. The summed E-state index contributed by atoms with van der Waals surface area (Å²) < 4.78 is 2.25. The second-order valence-corrected chi connectivity index (χ2v) is 6.74. The van der Waals surface area contributed by atoms with Crippen LogP contribution in [0.1, 0.15) is 49.0 Å². The Hall–Kier alpha value is -1.58. The molecule has 0 aromatic carbocycles. The molecule has 2 aliphatic rings. The summed E-state index contributed by atoms with van der Waals surface area (Å²) in [5.74, 6) is 1.67. The van der Waals surface area contributed by atoms with Crippen LogP contribution in [0, 0.1) is 11.3 Å². The van der Waals surface area contributed by atoms with Crippen molar-refractivity contribution in [1.29, 1.82) is 5.26 Å². The van der Waals surface area contributed by atoms with Gasteiger partial charge < -0.3 is 4.57 Å². The zero-order valence-corrected chi connectivity index (χ0v) is 12.7. The molecular weight excluding hydrogens is 306 g/mol. The van der Waals surface area contributed by atoms with Crippen molar-refractivity contribution < 1.29 is 0 Å². The number of halogens is 1. The minimum absolute atomic E-state index is 0.392. The zero-order chi connectivity index (χ0) is 14.4. The fraction of sp³-hybridized carbons (Fsp3) is 0.429. The average Bonchev–Trinajstić information content (AvgIpc) is 3.40. The van der Waals surface area contributed by atoms with E-state index in [1.165, 1.54) is 37.4 Å². The molecule has 2 aromatic heterocycles. The van der Waals surface area contributed by atoms with Gasteiger partial charge in [-0.05, 0) is 43.5 Å². The summed E-state index contributed by atoms with van der Waals surface area (Å²) in [4.78, 5) is 4.27. The Morgan fingerprint density at radius 3 is 2.76 bits per heavy atom. The van der Waals surface area contributed by atoms with Crippen molar-refractivity contribution in [3.8, 4) is 6.07 Å². The largest absolute Gasteiger partial charge is 0.302 e. The molecule has 106 valence electrons. The van der Waals surface area contributed by atoms with Crippen molar-refractivity contribution >= 4 is 23.4 Å². The molecular formula is C14H12ClN5S. The Morgan fingerprint density at radius 2 is 2.10 bits per heavy atom. The fourth-order valence-corrected chi connectivity index (χ4v) is 3.50. The van der Waals surface area contributed by atoms with Crippen LogP contribution in [-0.2, 0) is 0 Å². The van der Waals surface area contributed by atoms with Crippen LogP contribution in [0.4, 0.5) is 0 Å². The molecule has 0 radical (unpaired) electrons. The lowest BCUT2D eigenvalue weighted by atomic mass is 10.3. The molecule has 0 saturated heterocycles. The zero-order valence-electron chi connectivity index (χ0n) is 11.2. The molecule has 0 unspecified atom stereocenters. The summed E-state index contributed by atoms with van der Waals surface area (Å²) in [6, 6.07) is 4.22. The summed E-state index contributed by atoms with van der Waals surface area (Å²) >= 11 is 7.62. The molecule has 2 heterocycles. The molecule has 0 amide bonds. The number of hydrogen-bond donors (Lipinski definition) is 0. The highest BCUT2D eigenvalue weighted by Gasteiger charge is 2.36. The van der Waals surface area contributed by atoms with Crippen molar-refractivity contribution in [2.75, 3.05) is 0 Å². The highest BCUT2D eigenvalue weighted by atomic mass is 35.5. The van der Waals surface area contributed by atoms with E-state index in [0.29, 0.717) is 27.6 Å². The third-order valence-corrected chi connectivity index (χ3v) is 5.17. The highest BCUT2D eigenvalue weighted by molar-refractivity contribution is 7.99. The van der Waals surface area contributed by atoms with Gasteiger partial charge in [0.2, 0.25) is 0 Å². The average molecular weight is 318 g/mol. The van der Waals surface area contributed by atoms with E-state index >= 15 is 0 Å². The van der Waals surface area contributed by atoms with E-state index in [2.05, 4.69) is 25.8 Å². The number of nitriles is 1. The van der Waals surface area contributed by atoms with Gasteiger partial charge in [-0.2, -0.15) is 5.26 Å². The van der Waals surface area contributed by atoms with Crippen LogP contribution in [0.5, 0.6) is 0 Å². The van der Waals surface area contributed by atoms with E-state index in [1.807, 2.05) is 0 Å². The third-order valence-electron chi connectivity index (χ3n) is 3.71. The van der Waals surface area contributed by atoms with E-state index in [1.54, 1.807) is 12.3 Å². The van der Waals surface area contributed by atoms with Gasteiger partial charge in [0.15, 0.2) is 5.16 Å². The minimum Gasteiger partial charge on any atom is -0.302 e. The first-order chi connectivity index (χ1) is 10.3. The summed E-state index contributed by atoms with van der Waals surface area (Å²) in [6.45, 7) is 0. The quantitative estimate of drug-likeness (QED) is 0.862. The lowest BCUT2D eigenvalue weighted by Gasteiger charge is -2.08. The lowest BCUT2D eigenvalue weighted by Crippen LogP contribution is -2.02. The van der Waals surface area contributed by atoms with Gasteiger partial charge in [0.25, 0.3) is 0 Å². The molecule has 0 N–H and O–H groups in total. The van der Waals surface area contributed by atoms with Crippen molar-refractivity contribution in [3.63, 3.8) is 0 Å². The normalized spacial score (nSPS) is 17.7. The number of nitrogens with zero attached hydrogens (tertiary/aromatic N) is 5. The minimum atomic E-state index is 0.392. The van der Waals surface area contributed by atoms with Crippen molar-refractivity contribution in [2.24, 2.45) is 0 Å². The topological polar surface area (TPSA) is 67.4 Å². The van der Waals surface area contributed by atoms with Gasteiger partial charge >= 0.3 is 0 Å². The Kier molecular flexibility index (Phi) is 3.12. The van der Waals surface area contributed by atoms with Crippen LogP contribution in [-0.4, -0.2) is 19.7 Å². The van der Waals surface area contributed by atoms with E-state index in [9.17, 15) is 0 Å². The molecule has 2 aliphatic carbocycles. The van der Waals surface area contributed by atoms with Crippen LogP contribution in [0.2, 0.25) is 5.02 Å². The SMILES string of the molecule is N#Cc1ccnc(Sc2nnc(C3CC3)n2C2CC2)c1Cl. The summed E-state index contributed by atoms with van der Waals surface area (Å²) in [6.07, 6.45) is 6.39. The van der Waals surface area contributed by atoms with Gasteiger partial charge in [0.05, 0.1) is 10.6 Å². The van der Waals surface area contributed by atoms with Crippen molar-refractivity contribution in [1.82, 2.24) is 19.7 Å². The van der Waals surface area contributed by atoms with Crippen molar-refractivity contribution in [3.05, 3.63) is 28.7 Å². The number of rotatable bonds is 4. The first-order valence-electron chi connectivity index (χ1n) is 6.95. The van der Waals surface area contributed by atoms with Gasteiger partial charge in [-0.3, -0.25) is 0 Å². The molecule has 2 fully saturated rings. The second kappa shape index (κ2) is 5.00. The molecule has 21 heavy (non-hydrogen) atoms. The molecule has 0 atom stereocenters. The second-order valence-electron chi connectivity index (χ2n) is 5.41. The molecule has 2 saturated carbocycles. The van der Waals surface area contributed by atoms with E-state index in [4.69, 9.17) is 16.9 Å². The predicted molar refractivity (Wildman–Crippen MR) is 78.4 cm³/mol. The van der Waals surface area contributed by atoms with Gasteiger partial charge in [0, 0.05) is 18.2 Å². The molecule has 4 rings (SSSR count). The fourth-order valence-electron chi connectivity index (χ4n) is 2.32. The van der Waals surface area contributed by atoms with Gasteiger partial charge in [-0.25, -0.2) is 4.98 Å². The first-order valence-corrected chi connectivity index (χ1v) is 8.14. The van der Waals surface area contributed by atoms with Crippen LogP contribution in [0.15, 0.2) is 22.4 Å². The third kappa shape index (κ3) is 2.41. The molecule has 0 bridgehead atoms. The Labute approximate surface area is 131 Å². The van der Waals surface area contributed by atoms with E-state index < -0.39 is 0 Å². The van der Waals surface area contributed by atoms with Gasteiger partial charge in [0.1, 0.15) is 16.9 Å². The lowest BCUT2D eigenvalue weighted by molar-refractivity contribution is 0.626. The van der Waals surface area contributed by atoms with Crippen LogP contribution in [0.3, 0.4) is 0 Å². The Bertz CT molecular complexity index is 742. The summed E-state index contributed by atoms with van der Waals surface area (Å²) in [7, 11) is 0. The Morgan fingerprint density at radius 1 is 1.29 bits per heavy atom. The van der Waals surface area contributed by atoms with Gasteiger partial charge in [-0.1, -0.05) is 11.6 Å². The maximum Gasteiger partial charge on any atom is 0.197 e. The molecule has 5 nitrogen and oxygen atoms in total. The Balaban J connectivity index is 1.70. The number of aromatic nitrogens is 4. The first kappa shape index (κ1) is 13.1. The van der Waals surface area contributed by atoms with Crippen LogP contribution >= 0.6 is 23.4 Å². The van der Waals surface area contributed by atoms with E-state index in [-0.39, 0.29) is 0 Å². The highest BCUT2D eigenvalue weighted by Crippen LogP contribution is 2.47. The molecule has 2 aromatic rings. The summed E-state index contributed by atoms with van der Waals surface area (Å²) in [5.41, 5.74) is 0.439. The standard InChI is InChI=1S/C14H12ClN5S/c15-11-9(7-16)5-6-17-13(11)21-14-19-18-12(8-1-2-8)20(14)10-3-4-10/h5-6,8,10H,1-4H2. The van der Waals surface area contributed by atoms with Gasteiger partial charge in [-0.15, -0.1) is 10.2 Å². The number of hydrogen-bond acceptors (Lipinski definition) is 5. The number of pyridine rings is 1. The predicted octanol–water partition coefficient (Wildman–Crippen LogP) is 3.56.